The fourth-order valence-corrected chi connectivity index (χ4v) is 4.09. The second-order valence-corrected chi connectivity index (χ2v) is 8.63. The number of para-hydroxylation sites is 1. The Morgan fingerprint density at radius 2 is 2.20 bits per heavy atom. The summed E-state index contributed by atoms with van der Waals surface area (Å²) in [7, 11) is 0. The summed E-state index contributed by atoms with van der Waals surface area (Å²) in [6, 6.07) is 8.08. The van der Waals surface area contributed by atoms with Crippen molar-refractivity contribution < 1.29 is 9.90 Å². The molecule has 2 heterocycles. The molecule has 156 valence electrons. The molecule has 2 aromatic rings. The lowest BCUT2D eigenvalue weighted by atomic mass is 9.64. The van der Waals surface area contributed by atoms with Crippen LogP contribution in [0.2, 0.25) is 0 Å². The van der Waals surface area contributed by atoms with Crippen LogP contribution >= 0.6 is 0 Å². The molecule has 8 heteroatoms. The van der Waals surface area contributed by atoms with E-state index in [9.17, 15) is 15.2 Å². The molecule has 4 N–H and O–H groups in total. The largest absolute Gasteiger partial charge is 0.392 e. The first-order valence-corrected chi connectivity index (χ1v) is 10.2. The van der Waals surface area contributed by atoms with E-state index in [1.807, 2.05) is 39.0 Å². The number of aliphatic hydroxyl groups excluding tert-OH is 1. The van der Waals surface area contributed by atoms with Gasteiger partial charge in [0.15, 0.2) is 0 Å². The number of hydrogen-bond donors (Lipinski definition) is 4. The van der Waals surface area contributed by atoms with E-state index < -0.39 is 0 Å². The maximum atomic E-state index is 12.4. The fourth-order valence-electron chi connectivity index (χ4n) is 4.09. The van der Waals surface area contributed by atoms with Gasteiger partial charge in [-0.05, 0) is 30.9 Å². The van der Waals surface area contributed by atoms with Gasteiger partial charge in [-0.1, -0.05) is 32.0 Å². The quantitative estimate of drug-likeness (QED) is 0.582. The van der Waals surface area contributed by atoms with E-state index in [1.54, 1.807) is 0 Å². The van der Waals surface area contributed by atoms with Crippen LogP contribution in [0.3, 0.4) is 0 Å². The number of fused-ring (bicyclic) bond motifs is 1. The van der Waals surface area contributed by atoms with Crippen molar-refractivity contribution in [1.29, 1.82) is 5.26 Å². The minimum Gasteiger partial charge on any atom is -0.392 e. The Bertz CT molecular complexity index is 1030. The highest BCUT2D eigenvalue weighted by atomic mass is 16.3. The van der Waals surface area contributed by atoms with Crippen molar-refractivity contribution in [2.24, 2.45) is 5.41 Å². The number of aliphatic hydroxyl groups is 1. The number of carbonyl (C=O) groups excluding carboxylic acids is 1. The van der Waals surface area contributed by atoms with E-state index >= 15 is 0 Å². The number of amides is 1. The molecule has 1 aromatic heterocycles. The van der Waals surface area contributed by atoms with Crippen LogP contribution in [-0.2, 0) is 4.79 Å². The summed E-state index contributed by atoms with van der Waals surface area (Å²) in [5.41, 5.74) is 3.07. The molecule has 3 atom stereocenters. The zero-order chi connectivity index (χ0) is 21.5. The standard InChI is InChI=1S/C22H26N6O2/c1-12-5-4-6-14-15(20(30)27-18(12)14)7-8-24-21-25-11-13(10-23)19(28-21)26-16-9-17(29)22(16,2)3/h4-6,11,15-17,29H,7-9H2,1-3H3,(H,27,30)(H2,24,25,26,28)/t15?,16?,17-/m0/s1. The highest BCUT2D eigenvalue weighted by Crippen LogP contribution is 2.42. The zero-order valence-corrected chi connectivity index (χ0v) is 17.4. The van der Waals surface area contributed by atoms with Crippen LogP contribution in [0.4, 0.5) is 17.5 Å². The Balaban J connectivity index is 1.42. The van der Waals surface area contributed by atoms with Gasteiger partial charge in [0.1, 0.15) is 17.5 Å². The first-order chi connectivity index (χ1) is 14.3. The number of benzene rings is 1. The predicted molar refractivity (Wildman–Crippen MR) is 114 cm³/mol. The summed E-state index contributed by atoms with van der Waals surface area (Å²) in [4.78, 5) is 21.1. The smallest absolute Gasteiger partial charge is 0.232 e. The Morgan fingerprint density at radius 3 is 2.90 bits per heavy atom. The third kappa shape index (κ3) is 3.46. The van der Waals surface area contributed by atoms with Gasteiger partial charge in [0, 0.05) is 23.7 Å². The number of nitrogens with zero attached hydrogens (tertiary/aromatic N) is 3. The van der Waals surface area contributed by atoms with Crippen LogP contribution in [0.25, 0.3) is 0 Å². The van der Waals surface area contributed by atoms with Crippen molar-refractivity contribution in [3.05, 3.63) is 41.1 Å². The van der Waals surface area contributed by atoms with Crippen molar-refractivity contribution >= 4 is 23.4 Å². The first kappa shape index (κ1) is 20.1. The Kier molecular flexibility index (Phi) is 5.08. The summed E-state index contributed by atoms with van der Waals surface area (Å²) in [5, 5.41) is 28.7. The zero-order valence-electron chi connectivity index (χ0n) is 17.4. The predicted octanol–water partition coefficient (Wildman–Crippen LogP) is 2.77. The highest BCUT2D eigenvalue weighted by molar-refractivity contribution is 6.03. The normalized spacial score (nSPS) is 23.7. The van der Waals surface area contributed by atoms with Gasteiger partial charge in [-0.15, -0.1) is 0 Å². The lowest BCUT2D eigenvalue weighted by Gasteiger charge is -2.49. The second-order valence-electron chi connectivity index (χ2n) is 8.63. The molecule has 1 aliphatic carbocycles. The number of hydrogen-bond acceptors (Lipinski definition) is 7. The van der Waals surface area contributed by atoms with Crippen LogP contribution in [0, 0.1) is 23.7 Å². The van der Waals surface area contributed by atoms with Crippen molar-refractivity contribution in [2.45, 2.75) is 51.7 Å². The van der Waals surface area contributed by atoms with Gasteiger partial charge < -0.3 is 21.1 Å². The van der Waals surface area contributed by atoms with Gasteiger partial charge in [0.05, 0.1) is 18.2 Å². The van der Waals surface area contributed by atoms with Crippen molar-refractivity contribution in [2.75, 3.05) is 22.5 Å². The lowest BCUT2D eigenvalue weighted by molar-refractivity contribution is -0.117. The average molecular weight is 406 g/mol. The van der Waals surface area contributed by atoms with Crippen molar-refractivity contribution in [3.63, 3.8) is 0 Å². The Labute approximate surface area is 175 Å². The van der Waals surface area contributed by atoms with Crippen molar-refractivity contribution in [1.82, 2.24) is 9.97 Å². The number of carbonyl (C=O) groups is 1. The van der Waals surface area contributed by atoms with Gasteiger partial charge >= 0.3 is 0 Å². The molecule has 2 aliphatic rings. The molecule has 1 saturated carbocycles. The summed E-state index contributed by atoms with van der Waals surface area (Å²) in [6.45, 7) is 6.47. The summed E-state index contributed by atoms with van der Waals surface area (Å²) < 4.78 is 0. The molecular weight excluding hydrogens is 380 g/mol. The number of aromatic nitrogens is 2. The van der Waals surface area contributed by atoms with Crippen LogP contribution in [0.1, 0.15) is 49.3 Å². The molecule has 8 nitrogen and oxygen atoms in total. The maximum absolute atomic E-state index is 12.4. The van der Waals surface area contributed by atoms with Crippen LogP contribution in [0.5, 0.6) is 0 Å². The molecule has 0 spiro atoms. The van der Waals surface area contributed by atoms with Crippen LogP contribution in [0.15, 0.2) is 24.4 Å². The van der Waals surface area contributed by atoms with Crippen LogP contribution < -0.4 is 16.0 Å². The summed E-state index contributed by atoms with van der Waals surface area (Å²) >= 11 is 0. The minimum absolute atomic E-state index is 0.00924. The van der Waals surface area contributed by atoms with E-state index in [0.717, 1.165) is 16.8 Å². The second kappa shape index (κ2) is 7.58. The van der Waals surface area contributed by atoms with E-state index in [1.165, 1.54) is 6.20 Å². The number of anilines is 3. The SMILES string of the molecule is Cc1cccc2c1NC(=O)C2CCNc1ncc(C#N)c(NC2C[C@H](O)C2(C)C)n1. The molecule has 1 fully saturated rings. The lowest BCUT2D eigenvalue weighted by Crippen LogP contribution is -2.57. The van der Waals surface area contributed by atoms with E-state index in [0.29, 0.717) is 36.7 Å². The number of nitrogens with one attached hydrogen (secondary N) is 3. The minimum atomic E-state index is -0.371. The third-order valence-corrected chi connectivity index (χ3v) is 6.40. The fraction of sp³-hybridized carbons (Fsp3) is 0.455. The van der Waals surface area contributed by atoms with E-state index in [-0.39, 0.29) is 29.4 Å². The molecule has 0 radical (unpaired) electrons. The molecule has 1 aliphatic heterocycles. The molecule has 0 bridgehead atoms. The first-order valence-electron chi connectivity index (χ1n) is 10.2. The van der Waals surface area contributed by atoms with Gasteiger partial charge in [-0.3, -0.25) is 4.79 Å². The number of nitriles is 1. The van der Waals surface area contributed by atoms with Crippen molar-refractivity contribution in [3.8, 4) is 6.07 Å². The summed E-state index contributed by atoms with van der Waals surface area (Å²) in [6.07, 6.45) is 2.33. The molecule has 30 heavy (non-hydrogen) atoms. The van der Waals surface area contributed by atoms with Gasteiger partial charge in [0.25, 0.3) is 0 Å². The maximum Gasteiger partial charge on any atom is 0.232 e. The third-order valence-electron chi connectivity index (χ3n) is 6.40. The van der Waals surface area contributed by atoms with E-state index in [4.69, 9.17) is 0 Å². The number of aryl methyl sites for hydroxylation is 1. The topological polar surface area (TPSA) is 123 Å². The molecule has 4 rings (SSSR count). The number of rotatable bonds is 6. The van der Waals surface area contributed by atoms with Crippen LogP contribution in [-0.4, -0.2) is 39.7 Å². The molecular formula is C22H26N6O2. The monoisotopic (exact) mass is 406 g/mol. The van der Waals surface area contributed by atoms with Gasteiger partial charge in [-0.25, -0.2) is 4.98 Å². The highest BCUT2D eigenvalue weighted by Gasteiger charge is 2.47. The van der Waals surface area contributed by atoms with Gasteiger partial charge in [0.2, 0.25) is 11.9 Å². The Morgan fingerprint density at radius 1 is 1.40 bits per heavy atom. The Hall–Kier alpha value is -3.18. The molecule has 1 amide bonds. The van der Waals surface area contributed by atoms with E-state index in [2.05, 4.69) is 32.0 Å². The summed E-state index contributed by atoms with van der Waals surface area (Å²) in [5.74, 6) is 0.659. The average Bonchev–Trinajstić information content (AvgIpc) is 3.05. The molecule has 2 unspecified atom stereocenters. The molecule has 0 saturated heterocycles. The van der Waals surface area contributed by atoms with Gasteiger partial charge in [-0.2, -0.15) is 10.2 Å². The molecule has 1 aromatic carbocycles.